The highest BCUT2D eigenvalue weighted by Gasteiger charge is 2.29. The van der Waals surface area contributed by atoms with Gasteiger partial charge in [0.05, 0.1) is 10.0 Å². The average molecular weight is 292 g/mol. The molecule has 0 radical (unpaired) electrons. The topological polar surface area (TPSA) is 42.2 Å². The summed E-state index contributed by atoms with van der Waals surface area (Å²) in [7, 11) is 0. The van der Waals surface area contributed by atoms with Crippen molar-refractivity contribution >= 4 is 46.6 Å². The fraction of sp³-hybridized carbons (Fsp3) is 0.545. The molecule has 0 unspecified atom stereocenters. The molecule has 94 valence electrons. The van der Waals surface area contributed by atoms with E-state index < -0.39 is 0 Å². The SMILES string of the molecule is CC1(C)CN(c2nc(N)c(Cl)cc2Cl)CCS1. The predicted molar refractivity (Wildman–Crippen MR) is 77.4 cm³/mol. The Balaban J connectivity index is 2.31. The molecule has 2 heterocycles. The van der Waals surface area contributed by atoms with Crippen LogP contribution >= 0.6 is 35.0 Å². The Hall–Kier alpha value is -0.320. The van der Waals surface area contributed by atoms with E-state index in [1.807, 2.05) is 11.8 Å². The minimum absolute atomic E-state index is 0.206. The molecule has 2 N–H and O–H groups in total. The summed E-state index contributed by atoms with van der Waals surface area (Å²) in [5.41, 5.74) is 5.73. The summed E-state index contributed by atoms with van der Waals surface area (Å²) in [6.45, 7) is 6.28. The zero-order valence-corrected chi connectivity index (χ0v) is 12.2. The van der Waals surface area contributed by atoms with Crippen molar-refractivity contribution in [3.63, 3.8) is 0 Å². The molecule has 3 nitrogen and oxygen atoms in total. The van der Waals surface area contributed by atoms with E-state index in [0.717, 1.165) is 24.7 Å². The highest BCUT2D eigenvalue weighted by molar-refractivity contribution is 8.00. The number of rotatable bonds is 1. The van der Waals surface area contributed by atoms with E-state index in [0.29, 0.717) is 15.9 Å². The van der Waals surface area contributed by atoms with Crippen molar-refractivity contribution in [2.45, 2.75) is 18.6 Å². The Labute approximate surface area is 116 Å². The van der Waals surface area contributed by atoms with Crippen LogP contribution < -0.4 is 10.6 Å². The average Bonchev–Trinajstić information content (AvgIpc) is 2.22. The smallest absolute Gasteiger partial charge is 0.150 e. The maximum absolute atomic E-state index is 6.18. The lowest BCUT2D eigenvalue weighted by molar-refractivity contribution is 0.643. The van der Waals surface area contributed by atoms with Gasteiger partial charge in [0.2, 0.25) is 0 Å². The van der Waals surface area contributed by atoms with Crippen LogP contribution in [0.5, 0.6) is 0 Å². The van der Waals surface area contributed by atoms with Gasteiger partial charge >= 0.3 is 0 Å². The maximum atomic E-state index is 6.18. The third-order valence-corrected chi connectivity index (χ3v) is 4.54. The number of hydrogen-bond donors (Lipinski definition) is 1. The normalized spacial score (nSPS) is 19.4. The second-order valence-corrected chi connectivity index (χ2v) is 7.31. The van der Waals surface area contributed by atoms with Gasteiger partial charge in [-0.1, -0.05) is 23.2 Å². The van der Waals surface area contributed by atoms with Crippen molar-refractivity contribution in [2.24, 2.45) is 0 Å². The van der Waals surface area contributed by atoms with Crippen molar-refractivity contribution in [2.75, 3.05) is 29.5 Å². The van der Waals surface area contributed by atoms with Crippen LogP contribution in [0.4, 0.5) is 11.6 Å². The van der Waals surface area contributed by atoms with Crippen molar-refractivity contribution in [1.82, 2.24) is 4.98 Å². The molecule has 6 heteroatoms. The van der Waals surface area contributed by atoms with Gasteiger partial charge in [-0.3, -0.25) is 0 Å². The Morgan fingerprint density at radius 1 is 1.41 bits per heavy atom. The Morgan fingerprint density at radius 3 is 2.76 bits per heavy atom. The number of nitrogen functional groups attached to an aromatic ring is 1. The summed E-state index contributed by atoms with van der Waals surface area (Å²) in [5.74, 6) is 2.14. The molecule has 1 aromatic heterocycles. The Bertz CT molecular complexity index is 437. The maximum Gasteiger partial charge on any atom is 0.150 e. The second kappa shape index (κ2) is 4.75. The Kier molecular flexibility index (Phi) is 3.66. The molecular formula is C11H15Cl2N3S. The van der Waals surface area contributed by atoms with Gasteiger partial charge in [-0.05, 0) is 19.9 Å². The lowest BCUT2D eigenvalue weighted by Gasteiger charge is -2.38. The molecular weight excluding hydrogens is 277 g/mol. The predicted octanol–water partition coefficient (Wildman–Crippen LogP) is 3.30. The lowest BCUT2D eigenvalue weighted by Crippen LogP contribution is -2.43. The number of hydrogen-bond acceptors (Lipinski definition) is 4. The molecule has 1 aliphatic heterocycles. The molecule has 0 amide bonds. The number of nitrogens with two attached hydrogens (primary N) is 1. The third-order valence-electron chi connectivity index (χ3n) is 2.66. The summed E-state index contributed by atoms with van der Waals surface area (Å²) >= 11 is 14.0. The first-order valence-electron chi connectivity index (χ1n) is 5.39. The summed E-state index contributed by atoms with van der Waals surface area (Å²) in [5, 5.41) is 0.969. The second-order valence-electron chi connectivity index (χ2n) is 4.69. The zero-order valence-electron chi connectivity index (χ0n) is 9.83. The summed E-state index contributed by atoms with van der Waals surface area (Å²) in [6, 6.07) is 1.66. The van der Waals surface area contributed by atoms with Crippen LogP contribution in [0, 0.1) is 0 Å². The molecule has 0 aromatic carbocycles. The van der Waals surface area contributed by atoms with E-state index in [4.69, 9.17) is 28.9 Å². The van der Waals surface area contributed by atoms with E-state index in [1.165, 1.54) is 0 Å². The number of nitrogens with zero attached hydrogens (tertiary/aromatic N) is 2. The highest BCUT2D eigenvalue weighted by atomic mass is 35.5. The molecule has 2 rings (SSSR count). The minimum Gasteiger partial charge on any atom is -0.382 e. The molecule has 1 fully saturated rings. The van der Waals surface area contributed by atoms with Crippen LogP contribution in [0.2, 0.25) is 10.0 Å². The minimum atomic E-state index is 0.206. The van der Waals surface area contributed by atoms with Gasteiger partial charge in [0, 0.05) is 23.6 Å². The summed E-state index contributed by atoms with van der Waals surface area (Å²) in [6.07, 6.45) is 0. The number of thioether (sulfide) groups is 1. The van der Waals surface area contributed by atoms with Gasteiger partial charge in [0.25, 0.3) is 0 Å². The van der Waals surface area contributed by atoms with Gasteiger partial charge in [0.1, 0.15) is 11.6 Å². The molecule has 17 heavy (non-hydrogen) atoms. The molecule has 1 aliphatic rings. The molecule has 0 spiro atoms. The van der Waals surface area contributed by atoms with E-state index in [1.54, 1.807) is 6.07 Å². The van der Waals surface area contributed by atoms with Crippen LogP contribution in [-0.2, 0) is 0 Å². The van der Waals surface area contributed by atoms with Crippen LogP contribution in [0.1, 0.15) is 13.8 Å². The summed E-state index contributed by atoms with van der Waals surface area (Å²) in [4.78, 5) is 6.46. The standard InChI is InChI=1S/C11H15Cl2N3S/c1-11(2)6-16(3-4-17-11)10-8(13)5-7(12)9(14)15-10/h5H,3-4,6H2,1-2H3,(H2,14,15). The van der Waals surface area contributed by atoms with Crippen molar-refractivity contribution in [3.8, 4) is 0 Å². The van der Waals surface area contributed by atoms with Crippen LogP contribution in [-0.4, -0.2) is 28.6 Å². The number of halogens is 2. The van der Waals surface area contributed by atoms with Gasteiger partial charge in [-0.25, -0.2) is 4.98 Å². The fourth-order valence-corrected chi connectivity index (χ4v) is 3.48. The van der Waals surface area contributed by atoms with Gasteiger partial charge < -0.3 is 10.6 Å². The van der Waals surface area contributed by atoms with Crippen molar-refractivity contribution in [1.29, 1.82) is 0 Å². The highest BCUT2D eigenvalue weighted by Crippen LogP contribution is 2.36. The molecule has 0 bridgehead atoms. The van der Waals surface area contributed by atoms with Crippen LogP contribution in [0.15, 0.2) is 6.07 Å². The zero-order chi connectivity index (χ0) is 12.6. The molecule has 0 atom stereocenters. The number of pyridine rings is 1. The first-order chi connectivity index (χ1) is 7.89. The number of aromatic nitrogens is 1. The largest absolute Gasteiger partial charge is 0.382 e. The molecule has 1 saturated heterocycles. The van der Waals surface area contributed by atoms with Gasteiger partial charge in [-0.2, -0.15) is 11.8 Å². The number of anilines is 2. The molecule has 1 aromatic rings. The van der Waals surface area contributed by atoms with Crippen molar-refractivity contribution < 1.29 is 0 Å². The molecule has 0 aliphatic carbocycles. The first kappa shape index (κ1) is 13.1. The fourth-order valence-electron chi connectivity index (χ4n) is 1.89. The van der Waals surface area contributed by atoms with Crippen molar-refractivity contribution in [3.05, 3.63) is 16.1 Å². The quantitative estimate of drug-likeness (QED) is 0.862. The third kappa shape index (κ3) is 2.92. The van der Waals surface area contributed by atoms with Gasteiger partial charge in [-0.15, -0.1) is 0 Å². The first-order valence-corrected chi connectivity index (χ1v) is 7.14. The van der Waals surface area contributed by atoms with Crippen LogP contribution in [0.25, 0.3) is 0 Å². The monoisotopic (exact) mass is 291 g/mol. The lowest BCUT2D eigenvalue weighted by atomic mass is 10.2. The van der Waals surface area contributed by atoms with Gasteiger partial charge in [0.15, 0.2) is 0 Å². The Morgan fingerprint density at radius 2 is 2.12 bits per heavy atom. The van der Waals surface area contributed by atoms with E-state index in [-0.39, 0.29) is 4.75 Å². The van der Waals surface area contributed by atoms with E-state index >= 15 is 0 Å². The summed E-state index contributed by atoms with van der Waals surface area (Å²) < 4.78 is 0.206. The van der Waals surface area contributed by atoms with E-state index in [9.17, 15) is 0 Å². The van der Waals surface area contributed by atoms with Crippen LogP contribution in [0.3, 0.4) is 0 Å². The molecule has 0 saturated carbocycles. The van der Waals surface area contributed by atoms with E-state index in [2.05, 4.69) is 23.7 Å².